The highest BCUT2D eigenvalue weighted by atomic mass is 32.1. The van der Waals surface area contributed by atoms with Crippen molar-refractivity contribution in [2.45, 2.75) is 0 Å². The first-order valence-corrected chi connectivity index (χ1v) is 20.4. The minimum atomic E-state index is 0.867. The summed E-state index contributed by atoms with van der Waals surface area (Å²) >= 11 is 1.86. The summed E-state index contributed by atoms with van der Waals surface area (Å²) in [5.41, 5.74) is 13.9. The van der Waals surface area contributed by atoms with E-state index >= 15 is 0 Å². The molecule has 0 spiro atoms. The fraction of sp³-hybridized carbons (Fsp3) is 0. The zero-order valence-corrected chi connectivity index (χ0v) is 32.0. The van der Waals surface area contributed by atoms with E-state index in [0.29, 0.717) is 0 Å². The Morgan fingerprint density at radius 2 is 0.862 bits per heavy atom. The topological polar surface area (TPSA) is 29.5 Å². The molecule has 12 rings (SSSR count). The average molecular weight is 760 g/mol. The maximum absolute atomic E-state index is 6.70. The van der Waals surface area contributed by atoms with Crippen LogP contribution in [0, 0.1) is 0 Å². The largest absolute Gasteiger partial charge is 0.456 e. The summed E-state index contributed by atoms with van der Waals surface area (Å²) < 4.78 is 15.4. The Hall–Kier alpha value is -7.40. The van der Waals surface area contributed by atoms with Crippen molar-refractivity contribution in [1.29, 1.82) is 0 Å². The van der Waals surface area contributed by atoms with Crippen LogP contribution in [-0.2, 0) is 0 Å². The van der Waals surface area contributed by atoms with Gasteiger partial charge in [0.15, 0.2) is 5.58 Å². The van der Waals surface area contributed by atoms with E-state index in [2.05, 4.69) is 187 Å². The molecule has 3 heterocycles. The maximum Gasteiger partial charge on any atom is 0.159 e. The van der Waals surface area contributed by atoms with Gasteiger partial charge in [-0.05, 0) is 75.8 Å². The molecule has 0 saturated heterocycles. The third-order valence-corrected chi connectivity index (χ3v) is 12.8. The predicted molar refractivity (Wildman–Crippen MR) is 245 cm³/mol. The normalized spacial score (nSPS) is 11.8. The van der Waals surface area contributed by atoms with Crippen molar-refractivity contribution in [2.24, 2.45) is 0 Å². The van der Waals surface area contributed by atoms with Gasteiger partial charge >= 0.3 is 0 Å². The fourth-order valence-electron chi connectivity index (χ4n) is 8.80. The highest BCUT2D eigenvalue weighted by Crippen LogP contribution is 2.49. The molecule has 272 valence electrons. The molecule has 4 heteroatoms. The number of anilines is 3. The SMILES string of the molecule is c1ccc(-c2cccc3c2sc2c(N(c4ccc(-c5ccc(-c6cccc7oc8ccccc8c67)cc5)cc4)c4cccc5c4oc4ccccc45)cccc23)cc1. The first-order chi connectivity index (χ1) is 28.8. The van der Waals surface area contributed by atoms with Crippen LogP contribution in [0.3, 0.4) is 0 Å². The number of furan rings is 2. The molecule has 0 radical (unpaired) electrons. The number of hydrogen-bond donors (Lipinski definition) is 0. The van der Waals surface area contributed by atoms with Gasteiger partial charge in [-0.25, -0.2) is 0 Å². The van der Waals surface area contributed by atoms with E-state index in [0.717, 1.165) is 77.6 Å². The van der Waals surface area contributed by atoms with E-state index in [1.54, 1.807) is 0 Å². The smallest absolute Gasteiger partial charge is 0.159 e. The van der Waals surface area contributed by atoms with Gasteiger partial charge in [0.05, 0.1) is 16.1 Å². The van der Waals surface area contributed by atoms with Crippen molar-refractivity contribution >= 4 is 92.4 Å². The molecule has 58 heavy (non-hydrogen) atoms. The summed E-state index contributed by atoms with van der Waals surface area (Å²) in [4.78, 5) is 2.38. The van der Waals surface area contributed by atoms with Crippen LogP contribution >= 0.6 is 11.3 Å². The standard InChI is InChI=1S/C54H33NO2S/c1-2-12-36(13-3-1)40-17-8-19-43-44-20-10-22-47(54(44)58-53(40)43)55(46-21-9-18-42-41-14-4-6-23-48(41)57-52(42)46)38-32-30-35(31-33-38)34-26-28-37(29-27-34)39-16-11-25-50-51(39)45-15-5-7-24-49(45)56-50/h1-33H. The van der Waals surface area contributed by atoms with Crippen LogP contribution in [0.1, 0.15) is 0 Å². The van der Waals surface area contributed by atoms with Crippen molar-refractivity contribution in [3.05, 3.63) is 200 Å². The lowest BCUT2D eigenvalue weighted by Crippen LogP contribution is -2.10. The molecular formula is C54H33NO2S. The minimum absolute atomic E-state index is 0.867. The molecule has 0 atom stereocenters. The molecule has 0 amide bonds. The van der Waals surface area contributed by atoms with Crippen LogP contribution in [0.25, 0.3) is 97.4 Å². The van der Waals surface area contributed by atoms with Gasteiger partial charge in [-0.15, -0.1) is 11.3 Å². The fourth-order valence-corrected chi connectivity index (χ4v) is 10.1. The van der Waals surface area contributed by atoms with Crippen molar-refractivity contribution in [3.8, 4) is 33.4 Å². The molecule has 0 aliphatic rings. The lowest BCUT2D eigenvalue weighted by atomic mass is 9.97. The Bertz CT molecular complexity index is 3500. The van der Waals surface area contributed by atoms with Gasteiger partial charge in [0, 0.05) is 42.7 Å². The van der Waals surface area contributed by atoms with Gasteiger partial charge in [0.2, 0.25) is 0 Å². The van der Waals surface area contributed by atoms with Gasteiger partial charge in [0.25, 0.3) is 0 Å². The molecule has 0 aliphatic carbocycles. The zero-order valence-electron chi connectivity index (χ0n) is 31.2. The molecule has 0 unspecified atom stereocenters. The van der Waals surface area contributed by atoms with Crippen molar-refractivity contribution in [2.75, 3.05) is 4.90 Å². The Labute approximate surface area is 338 Å². The second-order valence-corrected chi connectivity index (χ2v) is 15.8. The number of thiophene rings is 1. The zero-order chi connectivity index (χ0) is 38.2. The Kier molecular flexibility index (Phi) is 7.40. The van der Waals surface area contributed by atoms with Crippen LogP contribution in [-0.4, -0.2) is 0 Å². The molecule has 0 fully saturated rings. The molecule has 0 N–H and O–H groups in total. The van der Waals surface area contributed by atoms with E-state index in [4.69, 9.17) is 8.83 Å². The van der Waals surface area contributed by atoms with E-state index in [1.807, 2.05) is 29.5 Å². The van der Waals surface area contributed by atoms with Crippen molar-refractivity contribution < 1.29 is 8.83 Å². The highest BCUT2D eigenvalue weighted by molar-refractivity contribution is 7.27. The third-order valence-electron chi connectivity index (χ3n) is 11.5. The lowest BCUT2D eigenvalue weighted by Gasteiger charge is -2.26. The van der Waals surface area contributed by atoms with Gasteiger partial charge in [-0.2, -0.15) is 0 Å². The van der Waals surface area contributed by atoms with Crippen LogP contribution in [0.15, 0.2) is 209 Å². The van der Waals surface area contributed by atoms with Crippen molar-refractivity contribution in [1.82, 2.24) is 0 Å². The number of para-hydroxylation sites is 3. The molecule has 12 aromatic rings. The maximum atomic E-state index is 6.70. The van der Waals surface area contributed by atoms with Crippen LogP contribution in [0.5, 0.6) is 0 Å². The summed E-state index contributed by atoms with van der Waals surface area (Å²) in [6.07, 6.45) is 0. The number of rotatable bonds is 6. The number of hydrogen-bond acceptors (Lipinski definition) is 4. The molecule has 3 nitrogen and oxygen atoms in total. The number of benzene rings is 9. The summed E-state index contributed by atoms with van der Waals surface area (Å²) in [5, 5.41) is 7.01. The third kappa shape index (κ3) is 5.12. The van der Waals surface area contributed by atoms with Crippen LogP contribution in [0.2, 0.25) is 0 Å². The second-order valence-electron chi connectivity index (χ2n) is 14.8. The lowest BCUT2D eigenvalue weighted by molar-refractivity contribution is 0.668. The first kappa shape index (κ1) is 32.8. The Balaban J connectivity index is 0.997. The minimum Gasteiger partial charge on any atom is -0.456 e. The first-order valence-electron chi connectivity index (χ1n) is 19.6. The van der Waals surface area contributed by atoms with Gasteiger partial charge in [-0.1, -0.05) is 158 Å². The Morgan fingerprint density at radius 3 is 1.66 bits per heavy atom. The highest BCUT2D eigenvalue weighted by Gasteiger charge is 2.23. The average Bonchev–Trinajstić information content (AvgIpc) is 3.99. The number of fused-ring (bicyclic) bond motifs is 9. The van der Waals surface area contributed by atoms with E-state index < -0.39 is 0 Å². The quantitative estimate of drug-likeness (QED) is 0.169. The molecule has 3 aromatic heterocycles. The van der Waals surface area contributed by atoms with E-state index in [9.17, 15) is 0 Å². The molecule has 9 aromatic carbocycles. The van der Waals surface area contributed by atoms with Crippen LogP contribution in [0.4, 0.5) is 17.1 Å². The van der Waals surface area contributed by atoms with E-state index in [1.165, 1.54) is 36.9 Å². The second kappa shape index (κ2) is 13.1. The van der Waals surface area contributed by atoms with Crippen LogP contribution < -0.4 is 4.90 Å². The van der Waals surface area contributed by atoms with E-state index in [-0.39, 0.29) is 0 Å². The number of nitrogens with zero attached hydrogens (tertiary/aromatic N) is 1. The molecule has 0 aliphatic heterocycles. The monoisotopic (exact) mass is 759 g/mol. The van der Waals surface area contributed by atoms with Crippen molar-refractivity contribution in [3.63, 3.8) is 0 Å². The molecule has 0 saturated carbocycles. The summed E-state index contributed by atoms with van der Waals surface area (Å²) in [5.74, 6) is 0. The van der Waals surface area contributed by atoms with Gasteiger partial charge < -0.3 is 13.7 Å². The van der Waals surface area contributed by atoms with Gasteiger partial charge in [-0.3, -0.25) is 0 Å². The summed E-state index contributed by atoms with van der Waals surface area (Å²) in [7, 11) is 0. The summed E-state index contributed by atoms with van der Waals surface area (Å²) in [6, 6.07) is 71.3. The molecular weight excluding hydrogens is 727 g/mol. The summed E-state index contributed by atoms with van der Waals surface area (Å²) in [6.45, 7) is 0. The van der Waals surface area contributed by atoms with Gasteiger partial charge in [0.1, 0.15) is 16.7 Å². The Morgan fingerprint density at radius 1 is 0.328 bits per heavy atom. The molecule has 0 bridgehead atoms. The predicted octanol–water partition coefficient (Wildman–Crippen LogP) is 16.3.